The van der Waals surface area contributed by atoms with Gasteiger partial charge in [0.25, 0.3) is 0 Å². The number of rotatable bonds is 6. The van der Waals surface area contributed by atoms with Crippen molar-refractivity contribution >= 4 is 23.4 Å². The zero-order chi connectivity index (χ0) is 14.2. The summed E-state index contributed by atoms with van der Waals surface area (Å²) >= 11 is 1.99. The summed E-state index contributed by atoms with van der Waals surface area (Å²) < 4.78 is 5.53. The Morgan fingerprint density at radius 3 is 2.70 bits per heavy atom. The lowest BCUT2D eigenvalue weighted by atomic mass is 9.98. The number of nitrogens with one attached hydrogen (secondary N) is 1. The maximum absolute atomic E-state index is 11.8. The Kier molecular flexibility index (Phi) is 6.05. The largest absolute Gasteiger partial charge is 0.492 e. The zero-order valence-corrected chi connectivity index (χ0v) is 12.5. The Morgan fingerprint density at radius 1 is 1.30 bits per heavy atom. The summed E-state index contributed by atoms with van der Waals surface area (Å²) in [6, 6.07) is 7.26. The van der Waals surface area contributed by atoms with Gasteiger partial charge in [-0.2, -0.15) is 11.8 Å². The highest BCUT2D eigenvalue weighted by molar-refractivity contribution is 7.99. The van der Waals surface area contributed by atoms with Crippen molar-refractivity contribution in [1.82, 2.24) is 5.32 Å². The van der Waals surface area contributed by atoms with Crippen molar-refractivity contribution in [2.75, 3.05) is 30.4 Å². The van der Waals surface area contributed by atoms with E-state index in [-0.39, 0.29) is 5.91 Å². The summed E-state index contributed by atoms with van der Waals surface area (Å²) in [4.78, 5) is 11.8. The highest BCUT2D eigenvalue weighted by Gasteiger charge is 2.16. The first-order valence-corrected chi connectivity index (χ1v) is 8.22. The molecule has 1 fully saturated rings. The van der Waals surface area contributed by atoms with Crippen molar-refractivity contribution in [1.29, 1.82) is 0 Å². The molecule has 5 heteroatoms. The van der Waals surface area contributed by atoms with Gasteiger partial charge >= 0.3 is 0 Å². The molecule has 1 aromatic carbocycles. The van der Waals surface area contributed by atoms with Crippen LogP contribution in [-0.4, -0.2) is 30.6 Å². The van der Waals surface area contributed by atoms with Gasteiger partial charge < -0.3 is 15.8 Å². The molecule has 2 rings (SSSR count). The van der Waals surface area contributed by atoms with Gasteiger partial charge in [0.1, 0.15) is 12.4 Å². The van der Waals surface area contributed by atoms with Gasteiger partial charge in [-0.1, -0.05) is 0 Å². The fraction of sp³-hybridized carbons (Fsp3) is 0.533. The van der Waals surface area contributed by atoms with Crippen LogP contribution in [0.3, 0.4) is 0 Å². The van der Waals surface area contributed by atoms with Crippen molar-refractivity contribution in [2.45, 2.75) is 19.3 Å². The molecule has 110 valence electrons. The van der Waals surface area contributed by atoms with E-state index in [1.165, 1.54) is 24.3 Å². The average Bonchev–Trinajstić information content (AvgIpc) is 2.46. The number of nitrogen functional groups attached to an aromatic ring is 1. The summed E-state index contributed by atoms with van der Waals surface area (Å²) in [5.74, 6) is 3.87. The Hall–Kier alpha value is -1.36. The van der Waals surface area contributed by atoms with E-state index in [4.69, 9.17) is 10.5 Å². The Bertz CT molecular complexity index is 416. The summed E-state index contributed by atoms with van der Waals surface area (Å²) in [6.07, 6.45) is 2.99. The van der Waals surface area contributed by atoms with Gasteiger partial charge in [0.05, 0.1) is 6.54 Å². The number of nitrogens with two attached hydrogens (primary N) is 1. The van der Waals surface area contributed by atoms with E-state index >= 15 is 0 Å². The fourth-order valence-corrected chi connectivity index (χ4v) is 3.41. The Morgan fingerprint density at radius 2 is 2.00 bits per heavy atom. The predicted octanol–water partition coefficient (Wildman–Crippen LogP) is 2.30. The highest BCUT2D eigenvalue weighted by Crippen LogP contribution is 2.24. The average molecular weight is 294 g/mol. The third-order valence-electron chi connectivity index (χ3n) is 3.39. The molecule has 0 radical (unpaired) electrons. The van der Waals surface area contributed by atoms with Crippen LogP contribution in [0.2, 0.25) is 0 Å². The van der Waals surface area contributed by atoms with Crippen LogP contribution in [0.4, 0.5) is 5.69 Å². The minimum absolute atomic E-state index is 0.141. The molecule has 0 saturated carbocycles. The fourth-order valence-electron chi connectivity index (χ4n) is 2.21. The summed E-state index contributed by atoms with van der Waals surface area (Å²) in [5.41, 5.74) is 6.31. The summed E-state index contributed by atoms with van der Waals surface area (Å²) in [6.45, 7) is 1.03. The minimum Gasteiger partial charge on any atom is -0.492 e. The molecule has 1 aromatic rings. The molecule has 0 unspecified atom stereocenters. The molecular formula is C15H22N2O2S. The first-order valence-electron chi connectivity index (χ1n) is 7.07. The number of hydrogen-bond acceptors (Lipinski definition) is 4. The maximum Gasteiger partial charge on any atom is 0.220 e. The van der Waals surface area contributed by atoms with Gasteiger partial charge in [0.15, 0.2) is 0 Å². The first-order chi connectivity index (χ1) is 9.74. The smallest absolute Gasteiger partial charge is 0.220 e. The lowest BCUT2D eigenvalue weighted by molar-refractivity contribution is -0.122. The van der Waals surface area contributed by atoms with Gasteiger partial charge in [0.2, 0.25) is 5.91 Å². The third kappa shape index (κ3) is 5.33. The van der Waals surface area contributed by atoms with Gasteiger partial charge in [-0.05, 0) is 54.5 Å². The molecule has 0 aromatic heterocycles. The molecule has 20 heavy (non-hydrogen) atoms. The molecule has 4 nitrogen and oxygen atoms in total. The lowest BCUT2D eigenvalue weighted by Crippen LogP contribution is -2.30. The van der Waals surface area contributed by atoms with Crippen LogP contribution in [0, 0.1) is 5.92 Å². The SMILES string of the molecule is Nc1ccc(OCCNC(=O)CC2CCSCC2)cc1. The van der Waals surface area contributed by atoms with Crippen LogP contribution in [0.25, 0.3) is 0 Å². The standard InChI is InChI=1S/C15H22N2O2S/c16-13-1-3-14(4-2-13)19-8-7-17-15(18)11-12-5-9-20-10-6-12/h1-4,12H,5-11,16H2,(H,17,18). The van der Waals surface area contributed by atoms with Gasteiger partial charge in [0, 0.05) is 12.1 Å². The Balaban J connectivity index is 1.58. The molecule has 0 spiro atoms. The summed E-state index contributed by atoms with van der Waals surface area (Å²) in [7, 11) is 0. The number of thioether (sulfide) groups is 1. The second-order valence-electron chi connectivity index (χ2n) is 5.03. The van der Waals surface area contributed by atoms with E-state index < -0.39 is 0 Å². The monoisotopic (exact) mass is 294 g/mol. The van der Waals surface area contributed by atoms with Crippen molar-refractivity contribution in [3.8, 4) is 5.75 Å². The number of benzene rings is 1. The van der Waals surface area contributed by atoms with Crippen LogP contribution in [-0.2, 0) is 4.79 Å². The van der Waals surface area contributed by atoms with Crippen molar-refractivity contribution in [2.24, 2.45) is 5.92 Å². The van der Waals surface area contributed by atoms with Crippen molar-refractivity contribution in [3.63, 3.8) is 0 Å². The number of hydrogen-bond donors (Lipinski definition) is 2. The van der Waals surface area contributed by atoms with E-state index in [0.29, 0.717) is 25.5 Å². The van der Waals surface area contributed by atoms with Crippen LogP contribution in [0.5, 0.6) is 5.75 Å². The van der Waals surface area contributed by atoms with Gasteiger partial charge in [-0.15, -0.1) is 0 Å². The first kappa shape index (κ1) is 15.0. The molecule has 3 N–H and O–H groups in total. The number of carbonyl (C=O) groups excluding carboxylic acids is 1. The number of amides is 1. The minimum atomic E-state index is 0.141. The second-order valence-corrected chi connectivity index (χ2v) is 6.25. The predicted molar refractivity (Wildman–Crippen MR) is 84.0 cm³/mol. The normalized spacial score (nSPS) is 15.8. The van der Waals surface area contributed by atoms with Crippen LogP contribution in [0.15, 0.2) is 24.3 Å². The lowest BCUT2D eigenvalue weighted by Gasteiger charge is -2.20. The molecule has 0 atom stereocenters. The van der Waals surface area contributed by atoms with Crippen LogP contribution < -0.4 is 15.8 Å². The molecular weight excluding hydrogens is 272 g/mol. The van der Waals surface area contributed by atoms with Gasteiger partial charge in [-0.25, -0.2) is 0 Å². The number of ether oxygens (including phenoxy) is 1. The van der Waals surface area contributed by atoms with E-state index in [2.05, 4.69) is 5.32 Å². The zero-order valence-electron chi connectivity index (χ0n) is 11.6. The van der Waals surface area contributed by atoms with Gasteiger partial charge in [-0.3, -0.25) is 4.79 Å². The quantitative estimate of drug-likeness (QED) is 0.624. The van der Waals surface area contributed by atoms with Crippen molar-refractivity contribution < 1.29 is 9.53 Å². The van der Waals surface area contributed by atoms with E-state index in [1.807, 2.05) is 23.9 Å². The maximum atomic E-state index is 11.8. The van der Waals surface area contributed by atoms with Crippen molar-refractivity contribution in [3.05, 3.63) is 24.3 Å². The molecule has 1 saturated heterocycles. The number of anilines is 1. The second kappa shape index (κ2) is 8.04. The molecule has 1 amide bonds. The molecule has 1 aliphatic rings. The van der Waals surface area contributed by atoms with Crippen LogP contribution >= 0.6 is 11.8 Å². The highest BCUT2D eigenvalue weighted by atomic mass is 32.2. The molecule has 1 heterocycles. The van der Waals surface area contributed by atoms with E-state index in [9.17, 15) is 4.79 Å². The van der Waals surface area contributed by atoms with E-state index in [1.54, 1.807) is 12.1 Å². The van der Waals surface area contributed by atoms with E-state index in [0.717, 1.165) is 11.4 Å². The molecule has 0 aliphatic carbocycles. The van der Waals surface area contributed by atoms with Crippen LogP contribution in [0.1, 0.15) is 19.3 Å². The number of carbonyl (C=O) groups is 1. The molecule has 1 aliphatic heterocycles. The Labute approximate surface area is 124 Å². The topological polar surface area (TPSA) is 64.3 Å². The molecule has 0 bridgehead atoms. The summed E-state index contributed by atoms with van der Waals surface area (Å²) in [5, 5.41) is 2.92. The third-order valence-corrected chi connectivity index (χ3v) is 4.44.